The number of piperidine rings is 2. The fourth-order valence-electron chi connectivity index (χ4n) is 7.40. The fraction of sp³-hybridized carbons (Fsp3) is 0.538. The Bertz CT molecular complexity index is 2020. The first-order valence-electron chi connectivity index (χ1n) is 18.5. The van der Waals surface area contributed by atoms with Gasteiger partial charge in [-0.1, -0.05) is 12.1 Å². The van der Waals surface area contributed by atoms with E-state index in [4.69, 9.17) is 9.47 Å². The maximum absolute atomic E-state index is 14.0. The molecule has 2 aliphatic heterocycles. The summed E-state index contributed by atoms with van der Waals surface area (Å²) in [6.45, 7) is 4.81. The van der Waals surface area contributed by atoms with E-state index >= 15 is 0 Å². The number of nitrogens with zero attached hydrogens (tertiary/aromatic N) is 4. The van der Waals surface area contributed by atoms with Gasteiger partial charge in [0.15, 0.2) is 0 Å². The van der Waals surface area contributed by atoms with Gasteiger partial charge in [-0.15, -0.1) is 0 Å². The number of hydrogen-bond acceptors (Lipinski definition) is 8. The summed E-state index contributed by atoms with van der Waals surface area (Å²) in [5.41, 5.74) is 0.106. The van der Waals surface area contributed by atoms with Gasteiger partial charge in [-0.25, -0.2) is 9.59 Å². The van der Waals surface area contributed by atoms with Crippen molar-refractivity contribution in [2.75, 3.05) is 50.9 Å². The van der Waals surface area contributed by atoms with Crippen molar-refractivity contribution in [3.8, 4) is 0 Å². The highest BCUT2D eigenvalue weighted by molar-refractivity contribution is 6.03. The Morgan fingerprint density at radius 2 is 1.22 bits per heavy atom. The lowest BCUT2D eigenvalue weighted by atomic mass is 10.0. The van der Waals surface area contributed by atoms with E-state index < -0.39 is 49.6 Å². The van der Waals surface area contributed by atoms with Gasteiger partial charge in [0.05, 0.1) is 16.7 Å². The monoisotopic (exact) mass is 778 g/mol. The van der Waals surface area contributed by atoms with Crippen molar-refractivity contribution in [3.05, 3.63) is 59.4 Å². The number of carbonyl (C=O) groups is 2. The number of nitrogens with one attached hydrogen (secondary N) is 2. The lowest BCUT2D eigenvalue weighted by Crippen LogP contribution is -2.37. The zero-order chi connectivity index (χ0) is 39.9. The molecular formula is C39H48F6N6O4. The zero-order valence-corrected chi connectivity index (χ0v) is 31.7. The first-order valence-corrected chi connectivity index (χ1v) is 18.5. The lowest BCUT2D eigenvalue weighted by Gasteiger charge is -2.31. The summed E-state index contributed by atoms with van der Waals surface area (Å²) < 4.78 is 96.7. The third-order valence-electron chi connectivity index (χ3n) is 10.1. The smallest absolute Gasteiger partial charge is 0.406 e. The lowest BCUT2D eigenvalue weighted by molar-refractivity contribution is -0.141. The number of halogens is 6. The van der Waals surface area contributed by atoms with Gasteiger partial charge < -0.3 is 39.0 Å². The molecular weight excluding hydrogens is 730 g/mol. The highest BCUT2D eigenvalue weighted by Crippen LogP contribution is 2.36. The minimum atomic E-state index is -4.67. The minimum absolute atomic E-state index is 0.100. The van der Waals surface area contributed by atoms with E-state index in [1.807, 2.05) is 14.1 Å². The molecule has 2 aromatic carbocycles. The van der Waals surface area contributed by atoms with Gasteiger partial charge in [-0.05, 0) is 117 Å². The number of likely N-dealkylation sites (tertiary alicyclic amines) is 2. The maximum Gasteiger partial charge on any atom is 0.406 e. The fourth-order valence-corrected chi connectivity index (χ4v) is 7.40. The van der Waals surface area contributed by atoms with E-state index in [2.05, 4.69) is 20.4 Å². The molecule has 2 aliphatic rings. The van der Waals surface area contributed by atoms with E-state index in [0.29, 0.717) is 35.2 Å². The topological polar surface area (TPSA) is 93.0 Å². The SMILES string of the molecule is CN1CCC(Nc2cccc3c2cc(C(=O)OCc2ccc4c(cc(C(=O)OC(C)(C)C)n4CC(F)(F)F)c2NC2CCN(C)CC2)n3CC(F)(F)F)CC1. The average molecular weight is 779 g/mol. The summed E-state index contributed by atoms with van der Waals surface area (Å²) in [6, 6.07) is 10.6. The summed E-state index contributed by atoms with van der Waals surface area (Å²) in [6.07, 6.45) is -6.20. The Labute approximate surface area is 315 Å². The highest BCUT2D eigenvalue weighted by atomic mass is 19.4. The second kappa shape index (κ2) is 15.6. The summed E-state index contributed by atoms with van der Waals surface area (Å²) >= 11 is 0. The summed E-state index contributed by atoms with van der Waals surface area (Å²) in [7, 11) is 4.02. The van der Waals surface area contributed by atoms with Gasteiger partial charge >= 0.3 is 24.3 Å². The van der Waals surface area contributed by atoms with E-state index in [9.17, 15) is 35.9 Å². The van der Waals surface area contributed by atoms with Crippen LogP contribution in [0.25, 0.3) is 21.8 Å². The molecule has 16 heteroatoms. The van der Waals surface area contributed by atoms with E-state index in [1.165, 1.54) is 30.3 Å². The molecule has 0 atom stereocenters. The van der Waals surface area contributed by atoms with Crippen LogP contribution in [0.2, 0.25) is 0 Å². The predicted molar refractivity (Wildman–Crippen MR) is 199 cm³/mol. The first-order chi connectivity index (χ1) is 25.7. The number of carbonyl (C=O) groups excluding carboxylic acids is 2. The third kappa shape index (κ3) is 9.87. The van der Waals surface area contributed by atoms with Crippen LogP contribution in [0.15, 0.2) is 42.5 Å². The number of hydrogen-bond donors (Lipinski definition) is 2. The first kappa shape index (κ1) is 40.2. The molecule has 300 valence electrons. The van der Waals surface area contributed by atoms with E-state index in [1.54, 1.807) is 32.9 Å². The molecule has 0 bridgehead atoms. The predicted octanol–water partition coefficient (Wildman–Crippen LogP) is 8.05. The van der Waals surface area contributed by atoms with Gasteiger partial charge in [0.2, 0.25) is 0 Å². The van der Waals surface area contributed by atoms with Gasteiger partial charge in [-0.3, -0.25) is 0 Å². The van der Waals surface area contributed by atoms with Crippen molar-refractivity contribution >= 4 is 45.1 Å². The molecule has 4 heterocycles. The Kier molecular flexibility index (Phi) is 11.4. The Balaban J connectivity index is 1.37. The highest BCUT2D eigenvalue weighted by Gasteiger charge is 2.35. The Hall–Kier alpha value is -4.44. The largest absolute Gasteiger partial charge is 0.456 e. The molecule has 4 aromatic rings. The number of rotatable bonds is 10. The third-order valence-corrected chi connectivity index (χ3v) is 10.1. The molecule has 2 N–H and O–H groups in total. The Morgan fingerprint density at radius 1 is 0.709 bits per heavy atom. The van der Waals surface area contributed by atoms with Crippen molar-refractivity contribution in [2.45, 2.75) is 96.2 Å². The van der Waals surface area contributed by atoms with Crippen molar-refractivity contribution in [1.29, 1.82) is 0 Å². The molecule has 0 saturated carbocycles. The van der Waals surface area contributed by atoms with Crippen LogP contribution >= 0.6 is 0 Å². The molecule has 0 aliphatic carbocycles. The maximum atomic E-state index is 14.0. The van der Waals surface area contributed by atoms with Crippen molar-refractivity contribution in [2.24, 2.45) is 0 Å². The summed E-state index contributed by atoms with van der Waals surface area (Å²) in [4.78, 5) is 31.5. The van der Waals surface area contributed by atoms with Gasteiger partial charge in [0, 0.05) is 34.1 Å². The normalized spacial score (nSPS) is 17.2. The van der Waals surface area contributed by atoms with Crippen LogP contribution in [-0.4, -0.2) is 101 Å². The molecule has 0 spiro atoms. The number of benzene rings is 2. The van der Waals surface area contributed by atoms with Crippen LogP contribution in [0.1, 0.15) is 73.0 Å². The van der Waals surface area contributed by atoms with Crippen molar-refractivity contribution in [3.63, 3.8) is 0 Å². The van der Waals surface area contributed by atoms with Crippen LogP contribution in [0, 0.1) is 0 Å². The second-order valence-corrected chi connectivity index (χ2v) is 15.8. The second-order valence-electron chi connectivity index (χ2n) is 15.8. The number of anilines is 2. The van der Waals surface area contributed by atoms with Gasteiger partial charge in [0.1, 0.15) is 36.7 Å². The number of fused-ring (bicyclic) bond motifs is 2. The molecule has 0 unspecified atom stereocenters. The number of aromatic nitrogens is 2. The van der Waals surface area contributed by atoms with Gasteiger partial charge in [0.25, 0.3) is 0 Å². The number of esters is 2. The number of ether oxygens (including phenoxy) is 2. The standard InChI is InChI=1S/C39H48F6N6O4/c1-37(2,3)55-36(53)33-20-28-31(51(33)23-39(43,44)45)10-9-24(34(28)47-26-13-17-49(5)18-14-26)21-54-35(52)32-19-27-29(46-25-11-15-48(4)16-12-25)7-6-8-30(27)50(32)22-38(40,41)42/h6-10,19-20,25-26,46-47H,11-18,21-23H2,1-5H3. The van der Waals surface area contributed by atoms with Crippen LogP contribution in [-0.2, 0) is 29.2 Å². The van der Waals surface area contributed by atoms with Crippen LogP contribution < -0.4 is 10.6 Å². The van der Waals surface area contributed by atoms with E-state index in [-0.39, 0.29) is 39.9 Å². The summed E-state index contributed by atoms with van der Waals surface area (Å²) in [5.74, 6) is -1.94. The van der Waals surface area contributed by atoms with Crippen molar-refractivity contribution < 1.29 is 45.4 Å². The molecule has 2 fully saturated rings. The molecule has 2 aromatic heterocycles. The molecule has 55 heavy (non-hydrogen) atoms. The van der Waals surface area contributed by atoms with Crippen LogP contribution in [0.4, 0.5) is 37.7 Å². The zero-order valence-electron chi connectivity index (χ0n) is 31.7. The molecule has 0 amide bonds. The average Bonchev–Trinajstić information content (AvgIpc) is 3.63. The molecule has 2 saturated heterocycles. The molecule has 10 nitrogen and oxygen atoms in total. The Morgan fingerprint density at radius 3 is 1.76 bits per heavy atom. The van der Waals surface area contributed by atoms with Crippen LogP contribution in [0.3, 0.4) is 0 Å². The van der Waals surface area contributed by atoms with Crippen LogP contribution in [0.5, 0.6) is 0 Å². The minimum Gasteiger partial charge on any atom is -0.456 e. The van der Waals surface area contributed by atoms with Crippen molar-refractivity contribution in [1.82, 2.24) is 18.9 Å². The van der Waals surface area contributed by atoms with E-state index in [0.717, 1.165) is 48.2 Å². The molecule has 6 rings (SSSR count). The summed E-state index contributed by atoms with van der Waals surface area (Å²) in [5, 5.41) is 7.65. The quantitative estimate of drug-likeness (QED) is 0.124. The molecule has 0 radical (unpaired) electrons. The van der Waals surface area contributed by atoms with Gasteiger partial charge in [-0.2, -0.15) is 26.3 Å². The number of alkyl halides is 6.